The van der Waals surface area contributed by atoms with E-state index in [1.807, 2.05) is 38.1 Å². The molecular formula is C19H24N2O4S. The van der Waals surface area contributed by atoms with E-state index in [0.29, 0.717) is 0 Å². The lowest BCUT2D eigenvalue weighted by Gasteiger charge is -2.19. The van der Waals surface area contributed by atoms with E-state index in [9.17, 15) is 13.2 Å². The van der Waals surface area contributed by atoms with Gasteiger partial charge >= 0.3 is 0 Å². The van der Waals surface area contributed by atoms with Crippen molar-refractivity contribution in [2.45, 2.75) is 24.8 Å². The molecule has 2 aromatic rings. The lowest BCUT2D eigenvalue weighted by atomic mass is 10.1. The van der Waals surface area contributed by atoms with Crippen LogP contribution in [0.3, 0.4) is 0 Å². The molecule has 0 aliphatic rings. The first-order chi connectivity index (χ1) is 12.2. The molecule has 0 unspecified atom stereocenters. The summed E-state index contributed by atoms with van der Waals surface area (Å²) in [5.74, 6) is 0.364. The average Bonchev–Trinajstić information content (AvgIpc) is 2.61. The van der Waals surface area contributed by atoms with E-state index < -0.39 is 10.0 Å². The minimum Gasteiger partial charge on any atom is -0.497 e. The molecule has 2 rings (SSSR count). The zero-order chi connectivity index (χ0) is 19.3. The zero-order valence-corrected chi connectivity index (χ0v) is 16.2. The minimum absolute atomic E-state index is 0.168. The van der Waals surface area contributed by atoms with Gasteiger partial charge in [0.2, 0.25) is 15.9 Å². The molecule has 0 aliphatic carbocycles. The van der Waals surface area contributed by atoms with Crippen molar-refractivity contribution >= 4 is 15.9 Å². The molecule has 0 aliphatic heterocycles. The van der Waals surface area contributed by atoms with Crippen LogP contribution in [0.1, 0.15) is 24.1 Å². The summed E-state index contributed by atoms with van der Waals surface area (Å²) in [4.78, 5) is 12.4. The van der Waals surface area contributed by atoms with Crippen LogP contribution in [0.5, 0.6) is 5.75 Å². The molecule has 1 atom stereocenters. The number of likely N-dealkylation sites (N-methyl/N-ethyl adjacent to an activating group) is 1. The largest absolute Gasteiger partial charge is 0.497 e. The second-order valence-corrected chi connectivity index (χ2v) is 8.18. The number of ether oxygens (including phenoxy) is 1. The number of hydrogen-bond donors (Lipinski definition) is 1. The topological polar surface area (TPSA) is 75.7 Å². The molecule has 0 heterocycles. The molecule has 2 aromatic carbocycles. The van der Waals surface area contributed by atoms with Crippen LogP contribution in [-0.2, 0) is 14.8 Å². The Morgan fingerprint density at radius 2 is 1.69 bits per heavy atom. The number of rotatable bonds is 7. The number of amides is 1. The molecule has 1 N–H and O–H groups in total. The fourth-order valence-electron chi connectivity index (χ4n) is 2.44. The van der Waals surface area contributed by atoms with Gasteiger partial charge in [0.15, 0.2) is 0 Å². The number of hydrogen-bond acceptors (Lipinski definition) is 4. The second kappa shape index (κ2) is 8.33. The molecule has 1 amide bonds. The van der Waals surface area contributed by atoms with E-state index in [0.717, 1.165) is 21.2 Å². The number of nitrogens with one attached hydrogen (secondary N) is 1. The maximum absolute atomic E-state index is 12.5. The third-order valence-corrected chi connectivity index (χ3v) is 5.91. The molecule has 7 heteroatoms. The van der Waals surface area contributed by atoms with E-state index in [1.54, 1.807) is 31.4 Å². The summed E-state index contributed by atoms with van der Waals surface area (Å²) >= 11 is 0. The number of methoxy groups -OCH3 is 1. The molecule has 0 saturated carbocycles. The number of aryl methyl sites for hydroxylation is 1. The van der Waals surface area contributed by atoms with E-state index >= 15 is 0 Å². The van der Waals surface area contributed by atoms with Crippen molar-refractivity contribution in [3.63, 3.8) is 0 Å². The van der Waals surface area contributed by atoms with Crippen molar-refractivity contribution < 1.29 is 17.9 Å². The van der Waals surface area contributed by atoms with Crippen molar-refractivity contribution in [1.82, 2.24) is 9.62 Å². The Morgan fingerprint density at radius 1 is 1.12 bits per heavy atom. The Morgan fingerprint density at radius 3 is 2.23 bits per heavy atom. The van der Waals surface area contributed by atoms with Gasteiger partial charge in [-0.2, -0.15) is 4.31 Å². The van der Waals surface area contributed by atoms with Crippen LogP contribution in [0, 0.1) is 6.92 Å². The monoisotopic (exact) mass is 376 g/mol. The summed E-state index contributed by atoms with van der Waals surface area (Å²) < 4.78 is 31.2. The summed E-state index contributed by atoms with van der Waals surface area (Å²) in [6.45, 7) is 3.47. The summed E-state index contributed by atoms with van der Waals surface area (Å²) in [6.07, 6.45) is 0. The van der Waals surface area contributed by atoms with Crippen molar-refractivity contribution in [1.29, 1.82) is 0 Å². The van der Waals surface area contributed by atoms with Crippen LogP contribution in [0.25, 0.3) is 0 Å². The van der Waals surface area contributed by atoms with Crippen LogP contribution >= 0.6 is 0 Å². The van der Waals surface area contributed by atoms with Crippen molar-refractivity contribution in [3.8, 4) is 5.75 Å². The third-order valence-electron chi connectivity index (χ3n) is 4.09. The fraction of sp³-hybridized carbons (Fsp3) is 0.316. The van der Waals surface area contributed by atoms with Crippen molar-refractivity contribution in [2.24, 2.45) is 0 Å². The van der Waals surface area contributed by atoms with Gasteiger partial charge in [-0.15, -0.1) is 0 Å². The molecular weight excluding hydrogens is 352 g/mol. The zero-order valence-electron chi connectivity index (χ0n) is 15.4. The van der Waals surface area contributed by atoms with Gasteiger partial charge in [-0.3, -0.25) is 4.79 Å². The van der Waals surface area contributed by atoms with Crippen LogP contribution in [0.15, 0.2) is 53.4 Å². The van der Waals surface area contributed by atoms with Gasteiger partial charge in [0.25, 0.3) is 0 Å². The highest BCUT2D eigenvalue weighted by Gasteiger charge is 2.23. The Kier molecular flexibility index (Phi) is 6.39. The third kappa shape index (κ3) is 4.83. The first-order valence-corrected chi connectivity index (χ1v) is 9.64. The smallest absolute Gasteiger partial charge is 0.243 e. The molecule has 0 fully saturated rings. The quantitative estimate of drug-likeness (QED) is 0.806. The van der Waals surface area contributed by atoms with Gasteiger partial charge in [-0.25, -0.2) is 8.42 Å². The molecule has 26 heavy (non-hydrogen) atoms. The second-order valence-electron chi connectivity index (χ2n) is 6.14. The molecule has 0 spiro atoms. The number of carbonyl (C=O) groups is 1. The maximum Gasteiger partial charge on any atom is 0.243 e. The fourth-order valence-corrected chi connectivity index (χ4v) is 3.57. The Bertz CT molecular complexity index is 846. The van der Waals surface area contributed by atoms with E-state index in [1.165, 1.54) is 7.05 Å². The Labute approximate surface area is 154 Å². The highest BCUT2D eigenvalue weighted by atomic mass is 32.2. The summed E-state index contributed by atoms with van der Waals surface area (Å²) in [7, 11) is -0.721. The summed E-state index contributed by atoms with van der Waals surface area (Å²) in [5, 5.41) is 2.81. The van der Waals surface area contributed by atoms with Crippen molar-refractivity contribution in [2.75, 3.05) is 20.7 Å². The molecule has 0 saturated heterocycles. The maximum atomic E-state index is 12.5. The lowest BCUT2D eigenvalue weighted by Crippen LogP contribution is -2.39. The molecule has 0 bridgehead atoms. The highest BCUT2D eigenvalue weighted by molar-refractivity contribution is 7.89. The van der Waals surface area contributed by atoms with Crippen molar-refractivity contribution in [3.05, 3.63) is 59.7 Å². The van der Waals surface area contributed by atoms with Gasteiger partial charge in [-0.05, 0) is 43.7 Å². The Balaban J connectivity index is 2.00. The SMILES string of the molecule is COc1ccc([C@@H](C)NC(=O)CN(C)S(=O)(=O)c2ccc(C)cc2)cc1. The summed E-state index contributed by atoms with van der Waals surface area (Å²) in [6, 6.07) is 13.6. The standard InChI is InChI=1S/C19H24N2O4S/c1-14-5-11-18(12-6-14)26(23,24)21(3)13-19(22)20-15(2)16-7-9-17(25-4)10-8-16/h5-12,15H,13H2,1-4H3,(H,20,22)/t15-/m1/s1. The van der Waals surface area contributed by atoms with E-state index in [4.69, 9.17) is 4.74 Å². The first kappa shape index (κ1) is 19.9. The molecule has 0 radical (unpaired) electrons. The average molecular weight is 376 g/mol. The first-order valence-electron chi connectivity index (χ1n) is 8.20. The van der Waals surface area contributed by atoms with E-state index in [2.05, 4.69) is 5.32 Å². The minimum atomic E-state index is -3.70. The predicted octanol–water partition coefficient (Wildman–Crippen LogP) is 2.50. The van der Waals surface area contributed by atoms with Gasteiger partial charge in [-0.1, -0.05) is 29.8 Å². The number of sulfonamides is 1. The van der Waals surface area contributed by atoms with Gasteiger partial charge < -0.3 is 10.1 Å². The lowest BCUT2D eigenvalue weighted by molar-refractivity contribution is -0.121. The van der Waals surface area contributed by atoms with E-state index in [-0.39, 0.29) is 23.4 Å². The molecule has 6 nitrogen and oxygen atoms in total. The number of carbonyl (C=O) groups excluding carboxylic acids is 1. The molecule has 0 aromatic heterocycles. The van der Waals surface area contributed by atoms with Gasteiger partial charge in [0, 0.05) is 7.05 Å². The number of nitrogens with zero attached hydrogens (tertiary/aromatic N) is 1. The Hall–Kier alpha value is -2.38. The normalized spacial score (nSPS) is 12.7. The predicted molar refractivity (Wildman–Crippen MR) is 101 cm³/mol. The van der Waals surface area contributed by atoms with Crippen LogP contribution in [0.4, 0.5) is 0 Å². The van der Waals surface area contributed by atoms with Gasteiger partial charge in [0.05, 0.1) is 24.6 Å². The van der Waals surface area contributed by atoms with Crippen LogP contribution in [-0.4, -0.2) is 39.3 Å². The molecule has 140 valence electrons. The summed E-state index contributed by atoms with van der Waals surface area (Å²) in [5.41, 5.74) is 1.88. The van der Waals surface area contributed by atoms with Crippen LogP contribution in [0.2, 0.25) is 0 Å². The van der Waals surface area contributed by atoms with Gasteiger partial charge in [0.1, 0.15) is 5.75 Å². The number of benzene rings is 2. The van der Waals surface area contributed by atoms with Crippen LogP contribution < -0.4 is 10.1 Å². The highest BCUT2D eigenvalue weighted by Crippen LogP contribution is 2.18.